The van der Waals surface area contributed by atoms with E-state index in [1.54, 1.807) is 24.3 Å². The molecule has 1 aliphatic rings. The van der Waals surface area contributed by atoms with Crippen LogP contribution in [0.25, 0.3) is 0 Å². The first-order chi connectivity index (χ1) is 12.4. The molecule has 136 valence electrons. The van der Waals surface area contributed by atoms with Crippen LogP contribution < -0.4 is 0 Å². The van der Waals surface area contributed by atoms with E-state index < -0.39 is 28.3 Å². The van der Waals surface area contributed by atoms with Crippen LogP contribution in [-0.2, 0) is 14.8 Å². The highest BCUT2D eigenvalue weighted by Crippen LogP contribution is 2.27. The van der Waals surface area contributed by atoms with Gasteiger partial charge < -0.3 is 9.84 Å². The van der Waals surface area contributed by atoms with Gasteiger partial charge in [0.05, 0.1) is 11.0 Å². The number of hydrogen-bond donors (Lipinski definition) is 1. The van der Waals surface area contributed by atoms with Gasteiger partial charge >= 0.3 is 0 Å². The lowest BCUT2D eigenvalue weighted by molar-refractivity contribution is -0.0330. The van der Waals surface area contributed by atoms with Gasteiger partial charge in [0.1, 0.15) is 12.2 Å². The molecule has 26 heavy (non-hydrogen) atoms. The molecule has 0 saturated carbocycles. The molecule has 2 aromatic carbocycles. The quantitative estimate of drug-likeness (QED) is 0.818. The topological polar surface area (TPSA) is 66.8 Å². The number of terminal acetylenes is 1. The second-order valence-electron chi connectivity index (χ2n) is 6.33. The fraction of sp³-hybridized carbons (Fsp3) is 0.300. The van der Waals surface area contributed by atoms with Crippen LogP contribution in [0.2, 0.25) is 0 Å². The van der Waals surface area contributed by atoms with Crippen LogP contribution in [0.15, 0.2) is 59.5 Å². The molecule has 3 rings (SSSR count). The van der Waals surface area contributed by atoms with E-state index in [0.717, 1.165) is 11.1 Å². The number of rotatable bonds is 5. The molecule has 0 aromatic heterocycles. The Morgan fingerprint density at radius 3 is 2.42 bits per heavy atom. The molecule has 0 spiro atoms. The van der Waals surface area contributed by atoms with Gasteiger partial charge in [-0.25, -0.2) is 8.42 Å². The summed E-state index contributed by atoms with van der Waals surface area (Å²) in [5.41, 5.74) is 1.77. The van der Waals surface area contributed by atoms with Crippen molar-refractivity contribution in [2.45, 2.75) is 30.1 Å². The van der Waals surface area contributed by atoms with E-state index in [0.29, 0.717) is 0 Å². The number of β-amino-alcohol motifs (C(OH)–C–C–N with tert-alkyl or cyclic N) is 1. The lowest BCUT2D eigenvalue weighted by Gasteiger charge is -2.20. The van der Waals surface area contributed by atoms with Crippen molar-refractivity contribution < 1.29 is 18.3 Å². The minimum absolute atomic E-state index is 0.0209. The Balaban J connectivity index is 1.75. The smallest absolute Gasteiger partial charge is 0.243 e. The minimum Gasteiger partial charge on any atom is -0.389 e. The zero-order valence-electron chi connectivity index (χ0n) is 14.4. The van der Waals surface area contributed by atoms with Crippen LogP contribution >= 0.6 is 0 Å². The molecule has 1 fully saturated rings. The summed E-state index contributed by atoms with van der Waals surface area (Å²) >= 11 is 0. The molecule has 0 aliphatic carbocycles. The van der Waals surface area contributed by atoms with Crippen LogP contribution in [-0.4, -0.2) is 43.1 Å². The molecule has 1 aliphatic heterocycles. The summed E-state index contributed by atoms with van der Waals surface area (Å²) in [5.74, 6) is 2.56. The van der Waals surface area contributed by atoms with E-state index in [9.17, 15) is 13.5 Å². The first kappa shape index (κ1) is 18.6. The average molecular weight is 371 g/mol. The monoisotopic (exact) mass is 371 g/mol. The van der Waals surface area contributed by atoms with E-state index in [2.05, 4.69) is 5.92 Å². The summed E-state index contributed by atoms with van der Waals surface area (Å²) in [6, 6.07) is 15.9. The van der Waals surface area contributed by atoms with Crippen molar-refractivity contribution in [3.05, 3.63) is 65.7 Å². The highest BCUT2D eigenvalue weighted by Gasteiger charge is 2.40. The maximum atomic E-state index is 12.8. The fourth-order valence-corrected chi connectivity index (χ4v) is 4.40. The second kappa shape index (κ2) is 7.60. The maximum absolute atomic E-state index is 12.8. The van der Waals surface area contributed by atoms with Crippen molar-refractivity contribution in [1.82, 2.24) is 4.31 Å². The largest absolute Gasteiger partial charge is 0.389 e. The molecule has 1 heterocycles. The molecule has 1 unspecified atom stereocenters. The van der Waals surface area contributed by atoms with Crippen molar-refractivity contribution in [2.24, 2.45) is 0 Å². The molecule has 1 saturated heterocycles. The predicted molar refractivity (Wildman–Crippen MR) is 98.8 cm³/mol. The van der Waals surface area contributed by atoms with Crippen LogP contribution in [0, 0.1) is 19.3 Å². The third-order valence-electron chi connectivity index (χ3n) is 4.43. The van der Waals surface area contributed by atoms with E-state index in [1.165, 1.54) is 4.31 Å². The molecule has 6 heteroatoms. The Morgan fingerprint density at radius 2 is 1.81 bits per heavy atom. The first-order valence-corrected chi connectivity index (χ1v) is 9.77. The van der Waals surface area contributed by atoms with Gasteiger partial charge in [0, 0.05) is 13.1 Å². The zero-order valence-corrected chi connectivity index (χ0v) is 15.3. The highest BCUT2D eigenvalue weighted by atomic mass is 32.2. The average Bonchev–Trinajstić information content (AvgIpc) is 3.02. The highest BCUT2D eigenvalue weighted by molar-refractivity contribution is 7.89. The summed E-state index contributed by atoms with van der Waals surface area (Å²) < 4.78 is 32.7. The van der Waals surface area contributed by atoms with E-state index in [-0.39, 0.29) is 18.0 Å². The zero-order chi connectivity index (χ0) is 18.7. The molecule has 0 bridgehead atoms. The Hall–Kier alpha value is -2.17. The lowest BCUT2D eigenvalue weighted by Crippen LogP contribution is -2.30. The normalized spacial score (nSPS) is 22.0. The van der Waals surface area contributed by atoms with Crippen molar-refractivity contribution >= 4 is 10.0 Å². The van der Waals surface area contributed by atoms with Crippen LogP contribution in [0.3, 0.4) is 0 Å². The van der Waals surface area contributed by atoms with Gasteiger partial charge in [0.2, 0.25) is 10.0 Å². The van der Waals surface area contributed by atoms with Gasteiger partial charge in [-0.2, -0.15) is 4.31 Å². The van der Waals surface area contributed by atoms with E-state index in [4.69, 9.17) is 11.2 Å². The standard InChI is InChI=1S/C20H21NO4S/c1-3-19(16-7-5-4-6-8-16)25-20-14-21(13-18(20)22)26(23,24)17-11-9-15(2)10-12-17/h1,4-12,18-20,22H,13-14H2,2H3/t18-,19?,20+/m1/s1. The van der Waals surface area contributed by atoms with Crippen LogP contribution in [0.1, 0.15) is 17.2 Å². The van der Waals surface area contributed by atoms with Crippen molar-refractivity contribution in [3.8, 4) is 12.3 Å². The molecule has 1 N–H and O–H groups in total. The van der Waals surface area contributed by atoms with Gasteiger partial charge in [0.15, 0.2) is 0 Å². The maximum Gasteiger partial charge on any atom is 0.243 e. The number of aryl methyl sites for hydroxylation is 1. The van der Waals surface area contributed by atoms with Crippen molar-refractivity contribution in [2.75, 3.05) is 13.1 Å². The Morgan fingerprint density at radius 1 is 1.15 bits per heavy atom. The van der Waals surface area contributed by atoms with Gasteiger partial charge in [-0.15, -0.1) is 6.42 Å². The number of sulfonamides is 1. The van der Waals surface area contributed by atoms with E-state index in [1.807, 2.05) is 37.3 Å². The van der Waals surface area contributed by atoms with Crippen molar-refractivity contribution in [3.63, 3.8) is 0 Å². The summed E-state index contributed by atoms with van der Waals surface area (Å²) in [6.07, 6.45) is 3.31. The minimum atomic E-state index is -3.69. The number of nitrogens with zero attached hydrogens (tertiary/aromatic N) is 1. The lowest BCUT2D eigenvalue weighted by atomic mass is 10.1. The van der Waals surface area contributed by atoms with E-state index >= 15 is 0 Å². The molecular weight excluding hydrogens is 350 g/mol. The number of hydrogen-bond acceptors (Lipinski definition) is 4. The first-order valence-electron chi connectivity index (χ1n) is 8.33. The summed E-state index contributed by atoms with van der Waals surface area (Å²) in [7, 11) is -3.69. The second-order valence-corrected chi connectivity index (χ2v) is 8.27. The van der Waals surface area contributed by atoms with Crippen LogP contribution in [0.5, 0.6) is 0 Å². The third-order valence-corrected chi connectivity index (χ3v) is 6.27. The third kappa shape index (κ3) is 3.81. The fourth-order valence-electron chi connectivity index (χ4n) is 2.93. The molecule has 3 atom stereocenters. The van der Waals surface area contributed by atoms with Gasteiger partial charge in [-0.3, -0.25) is 0 Å². The summed E-state index contributed by atoms with van der Waals surface area (Å²) in [4.78, 5) is 0.201. The summed E-state index contributed by atoms with van der Waals surface area (Å²) in [6.45, 7) is 1.93. The number of benzene rings is 2. The Kier molecular flexibility index (Phi) is 5.44. The molecular formula is C20H21NO4S. The number of ether oxygens (including phenoxy) is 1. The molecule has 2 aromatic rings. The SMILES string of the molecule is C#CC(O[C@H]1CN(S(=O)(=O)c2ccc(C)cc2)C[C@H]1O)c1ccccc1. The van der Waals surface area contributed by atoms with Gasteiger partial charge in [0.25, 0.3) is 0 Å². The Labute approximate surface area is 154 Å². The van der Waals surface area contributed by atoms with Crippen LogP contribution in [0.4, 0.5) is 0 Å². The van der Waals surface area contributed by atoms with Crippen molar-refractivity contribution in [1.29, 1.82) is 0 Å². The number of aliphatic hydroxyl groups is 1. The molecule has 5 nitrogen and oxygen atoms in total. The van der Waals surface area contributed by atoms with Gasteiger partial charge in [-0.1, -0.05) is 53.9 Å². The molecule has 0 radical (unpaired) electrons. The van der Waals surface area contributed by atoms with Gasteiger partial charge in [-0.05, 0) is 24.6 Å². The summed E-state index contributed by atoms with van der Waals surface area (Å²) in [5, 5.41) is 10.3. The molecule has 0 amide bonds. The predicted octanol–water partition coefficient (Wildman–Crippen LogP) is 2.12. The number of aliphatic hydroxyl groups excluding tert-OH is 1. The Bertz CT molecular complexity index is 888.